The Morgan fingerprint density at radius 2 is 2.16 bits per heavy atom. The van der Waals surface area contributed by atoms with Gasteiger partial charge in [-0.3, -0.25) is 4.79 Å². The van der Waals surface area contributed by atoms with Crippen molar-refractivity contribution in [2.45, 2.75) is 26.2 Å². The molecular formula is C17H23N3O4S. The molecule has 0 unspecified atom stereocenters. The minimum atomic E-state index is -2.94. The van der Waals surface area contributed by atoms with E-state index in [4.69, 9.17) is 0 Å². The number of anilines is 2. The van der Waals surface area contributed by atoms with Crippen LogP contribution in [-0.2, 0) is 14.6 Å². The molecule has 0 saturated carbocycles. The number of amides is 3. The van der Waals surface area contributed by atoms with E-state index in [1.807, 2.05) is 19.1 Å². The molecule has 0 bridgehead atoms. The van der Waals surface area contributed by atoms with Crippen LogP contribution in [-0.4, -0.2) is 45.0 Å². The summed E-state index contributed by atoms with van der Waals surface area (Å²) in [5.41, 5.74) is 2.33. The quantitative estimate of drug-likeness (QED) is 0.848. The van der Waals surface area contributed by atoms with Crippen LogP contribution >= 0.6 is 0 Å². The highest BCUT2D eigenvalue weighted by Gasteiger charge is 2.28. The molecule has 2 aliphatic heterocycles. The number of rotatable bonds is 4. The minimum absolute atomic E-state index is 0.0228. The molecule has 7 nitrogen and oxygen atoms in total. The van der Waals surface area contributed by atoms with E-state index >= 15 is 0 Å². The number of urea groups is 1. The van der Waals surface area contributed by atoms with Crippen LogP contribution in [0.25, 0.3) is 0 Å². The van der Waals surface area contributed by atoms with Gasteiger partial charge in [0.25, 0.3) is 0 Å². The number of benzene rings is 1. The van der Waals surface area contributed by atoms with Crippen molar-refractivity contribution in [3.63, 3.8) is 0 Å². The summed E-state index contributed by atoms with van der Waals surface area (Å²) in [7, 11) is -2.94. The molecule has 1 aromatic rings. The summed E-state index contributed by atoms with van der Waals surface area (Å²) in [6, 6.07) is 5.20. The summed E-state index contributed by atoms with van der Waals surface area (Å²) in [6.45, 7) is 2.92. The number of aryl methyl sites for hydroxylation is 1. The fourth-order valence-corrected chi connectivity index (χ4v) is 5.13. The molecule has 2 heterocycles. The van der Waals surface area contributed by atoms with Crippen LogP contribution in [0.2, 0.25) is 0 Å². The molecule has 0 aromatic heterocycles. The molecule has 1 aromatic carbocycles. The topological polar surface area (TPSA) is 95.6 Å². The van der Waals surface area contributed by atoms with Gasteiger partial charge < -0.3 is 15.5 Å². The minimum Gasteiger partial charge on any atom is -0.338 e. The van der Waals surface area contributed by atoms with Crippen LogP contribution in [0.15, 0.2) is 18.2 Å². The average Bonchev–Trinajstić information content (AvgIpc) is 3.13. The van der Waals surface area contributed by atoms with Crippen molar-refractivity contribution in [1.29, 1.82) is 0 Å². The van der Waals surface area contributed by atoms with Crippen molar-refractivity contribution in [2.75, 3.05) is 34.8 Å². The average molecular weight is 365 g/mol. The highest BCUT2D eigenvalue weighted by Crippen LogP contribution is 2.26. The first-order valence-electron chi connectivity index (χ1n) is 8.50. The van der Waals surface area contributed by atoms with E-state index in [-0.39, 0.29) is 29.4 Å². The largest absolute Gasteiger partial charge is 0.338 e. The molecule has 2 fully saturated rings. The summed E-state index contributed by atoms with van der Waals surface area (Å²) in [5.74, 6) is 0.414. The lowest BCUT2D eigenvalue weighted by Crippen LogP contribution is -2.33. The predicted octanol–water partition coefficient (Wildman–Crippen LogP) is 1.68. The van der Waals surface area contributed by atoms with Crippen molar-refractivity contribution in [3.05, 3.63) is 23.8 Å². The SMILES string of the molecule is Cc1ccc(N2CCCC2=O)cc1NC(=O)NC[C@@H]1CCS(=O)(=O)C1. The molecule has 8 heteroatoms. The molecule has 0 aliphatic carbocycles. The predicted molar refractivity (Wildman–Crippen MR) is 96.5 cm³/mol. The number of carbonyl (C=O) groups is 2. The van der Waals surface area contributed by atoms with E-state index < -0.39 is 9.84 Å². The Balaban J connectivity index is 1.60. The van der Waals surface area contributed by atoms with E-state index in [0.717, 1.165) is 17.7 Å². The first kappa shape index (κ1) is 17.7. The Kier molecular flexibility index (Phi) is 4.99. The molecule has 3 amide bonds. The third-order valence-corrected chi connectivity index (χ3v) is 6.57. The zero-order valence-corrected chi connectivity index (χ0v) is 15.1. The molecule has 0 radical (unpaired) electrons. The van der Waals surface area contributed by atoms with E-state index in [1.54, 1.807) is 11.0 Å². The fraction of sp³-hybridized carbons (Fsp3) is 0.529. The van der Waals surface area contributed by atoms with E-state index in [0.29, 0.717) is 31.6 Å². The Morgan fingerprint density at radius 3 is 2.80 bits per heavy atom. The lowest BCUT2D eigenvalue weighted by molar-refractivity contribution is -0.117. The highest BCUT2D eigenvalue weighted by atomic mass is 32.2. The van der Waals surface area contributed by atoms with Crippen LogP contribution in [0.5, 0.6) is 0 Å². The van der Waals surface area contributed by atoms with Gasteiger partial charge in [0.1, 0.15) is 0 Å². The molecule has 2 saturated heterocycles. The number of nitrogens with one attached hydrogen (secondary N) is 2. The Bertz CT molecular complexity index is 791. The lowest BCUT2D eigenvalue weighted by atomic mass is 10.1. The maximum atomic E-state index is 12.1. The molecule has 2 aliphatic rings. The number of hydrogen-bond acceptors (Lipinski definition) is 4. The second-order valence-corrected chi connectivity index (χ2v) is 8.98. The van der Waals surface area contributed by atoms with Gasteiger partial charge in [-0.15, -0.1) is 0 Å². The summed E-state index contributed by atoms with van der Waals surface area (Å²) in [5, 5.41) is 5.54. The van der Waals surface area contributed by atoms with Gasteiger partial charge in [-0.1, -0.05) is 6.07 Å². The normalized spacial score (nSPS) is 22.2. The third-order valence-electron chi connectivity index (χ3n) is 4.73. The summed E-state index contributed by atoms with van der Waals surface area (Å²) < 4.78 is 22.9. The second-order valence-electron chi connectivity index (χ2n) is 6.75. The molecule has 0 spiro atoms. The van der Waals surface area contributed by atoms with Crippen LogP contribution in [0.1, 0.15) is 24.8 Å². The number of sulfone groups is 1. The van der Waals surface area contributed by atoms with E-state index in [2.05, 4.69) is 10.6 Å². The Hall–Kier alpha value is -2.09. The van der Waals surface area contributed by atoms with Crippen molar-refractivity contribution in [3.8, 4) is 0 Å². The first-order chi connectivity index (χ1) is 11.8. The van der Waals surface area contributed by atoms with E-state index in [9.17, 15) is 18.0 Å². The van der Waals surface area contributed by atoms with Gasteiger partial charge >= 0.3 is 6.03 Å². The number of carbonyl (C=O) groups excluding carboxylic acids is 2. The van der Waals surface area contributed by atoms with Crippen molar-refractivity contribution in [2.24, 2.45) is 5.92 Å². The fourth-order valence-electron chi connectivity index (χ4n) is 3.27. The Labute approximate surface area is 147 Å². The van der Waals surface area contributed by atoms with Crippen LogP contribution < -0.4 is 15.5 Å². The zero-order chi connectivity index (χ0) is 18.0. The molecular weight excluding hydrogens is 342 g/mol. The smallest absolute Gasteiger partial charge is 0.319 e. The Morgan fingerprint density at radius 1 is 1.36 bits per heavy atom. The highest BCUT2D eigenvalue weighted by molar-refractivity contribution is 7.91. The molecule has 3 rings (SSSR count). The first-order valence-corrected chi connectivity index (χ1v) is 10.3. The third kappa shape index (κ3) is 4.31. The van der Waals surface area contributed by atoms with Crippen molar-refractivity contribution < 1.29 is 18.0 Å². The standard InChI is InChI=1S/C17H23N3O4S/c1-12-4-5-14(20-7-2-3-16(20)21)9-15(12)19-17(22)18-10-13-6-8-25(23,24)11-13/h4-5,9,13H,2-3,6-8,10-11H2,1H3,(H2,18,19,22)/t13-/m0/s1. The maximum Gasteiger partial charge on any atom is 0.319 e. The number of nitrogens with zero attached hydrogens (tertiary/aromatic N) is 1. The van der Waals surface area contributed by atoms with Crippen molar-refractivity contribution in [1.82, 2.24) is 5.32 Å². The monoisotopic (exact) mass is 365 g/mol. The maximum absolute atomic E-state index is 12.1. The number of hydrogen-bond donors (Lipinski definition) is 2. The summed E-state index contributed by atoms with van der Waals surface area (Å²) in [4.78, 5) is 25.7. The van der Waals surface area contributed by atoms with Gasteiger partial charge in [0, 0.05) is 30.9 Å². The van der Waals surface area contributed by atoms with Crippen LogP contribution in [0, 0.1) is 12.8 Å². The molecule has 2 N–H and O–H groups in total. The van der Waals surface area contributed by atoms with Gasteiger partial charge in [0.2, 0.25) is 5.91 Å². The van der Waals surface area contributed by atoms with Crippen LogP contribution in [0.3, 0.4) is 0 Å². The van der Waals surface area contributed by atoms with Gasteiger partial charge in [-0.25, -0.2) is 13.2 Å². The van der Waals surface area contributed by atoms with Gasteiger partial charge in [0.15, 0.2) is 9.84 Å². The van der Waals surface area contributed by atoms with E-state index in [1.165, 1.54) is 0 Å². The molecule has 136 valence electrons. The van der Waals surface area contributed by atoms with Gasteiger partial charge in [-0.2, -0.15) is 0 Å². The lowest BCUT2D eigenvalue weighted by Gasteiger charge is -2.18. The zero-order valence-electron chi connectivity index (χ0n) is 14.2. The van der Waals surface area contributed by atoms with Crippen LogP contribution in [0.4, 0.5) is 16.2 Å². The summed E-state index contributed by atoms with van der Waals surface area (Å²) >= 11 is 0. The summed E-state index contributed by atoms with van der Waals surface area (Å²) in [6.07, 6.45) is 2.00. The second kappa shape index (κ2) is 7.03. The van der Waals surface area contributed by atoms with Crippen molar-refractivity contribution >= 4 is 33.2 Å². The molecule has 1 atom stereocenters. The van der Waals surface area contributed by atoms with Gasteiger partial charge in [-0.05, 0) is 43.4 Å². The van der Waals surface area contributed by atoms with Gasteiger partial charge in [0.05, 0.1) is 11.5 Å². The molecule has 25 heavy (non-hydrogen) atoms.